The molecule has 0 aliphatic heterocycles. The summed E-state index contributed by atoms with van der Waals surface area (Å²) in [6, 6.07) is 21.1. The number of methoxy groups -OCH3 is 1. The number of anilines is 1. The summed E-state index contributed by atoms with van der Waals surface area (Å²) in [6.07, 6.45) is 4.30. The molecule has 8 nitrogen and oxygen atoms in total. The van der Waals surface area contributed by atoms with Crippen molar-refractivity contribution in [2.24, 2.45) is 5.10 Å². The van der Waals surface area contributed by atoms with E-state index in [1.54, 1.807) is 36.4 Å². The van der Waals surface area contributed by atoms with Gasteiger partial charge in [0.2, 0.25) is 0 Å². The van der Waals surface area contributed by atoms with Crippen molar-refractivity contribution in [3.05, 3.63) is 95.6 Å². The molecule has 0 spiro atoms. The van der Waals surface area contributed by atoms with Gasteiger partial charge in [-0.05, 0) is 54.5 Å². The third-order valence-corrected chi connectivity index (χ3v) is 4.51. The van der Waals surface area contributed by atoms with E-state index in [4.69, 9.17) is 9.47 Å². The van der Waals surface area contributed by atoms with Crippen LogP contribution in [0.2, 0.25) is 0 Å². The first-order chi connectivity index (χ1) is 16.4. The average Bonchev–Trinajstić information content (AvgIpc) is 2.85. The van der Waals surface area contributed by atoms with Gasteiger partial charge in [-0.2, -0.15) is 5.10 Å². The molecule has 0 aromatic heterocycles. The maximum absolute atomic E-state index is 12.1. The highest BCUT2D eigenvalue weighted by molar-refractivity contribution is 6.39. The largest absolute Gasteiger partial charge is 0.493 e. The Morgan fingerprint density at radius 1 is 0.853 bits per heavy atom. The van der Waals surface area contributed by atoms with E-state index in [1.165, 1.54) is 19.4 Å². The standard InChI is InChI=1S/C26H23N3O5/c1-18-8-12-21(13-9-18)28-25(31)26(32)29-27-17-20-10-14-22(23(16-20)33-2)34-24(30)15-11-19-6-4-3-5-7-19/h3-17H,1-2H3,(H,28,31)(H,29,32). The molecule has 34 heavy (non-hydrogen) atoms. The molecular weight excluding hydrogens is 434 g/mol. The lowest BCUT2D eigenvalue weighted by molar-refractivity contribution is -0.136. The van der Waals surface area contributed by atoms with Gasteiger partial charge in [0.15, 0.2) is 11.5 Å². The lowest BCUT2D eigenvalue weighted by Crippen LogP contribution is -2.32. The van der Waals surface area contributed by atoms with Crippen LogP contribution < -0.4 is 20.2 Å². The Morgan fingerprint density at radius 3 is 2.29 bits per heavy atom. The molecule has 0 heterocycles. The molecule has 0 saturated heterocycles. The number of hydrogen-bond acceptors (Lipinski definition) is 6. The van der Waals surface area contributed by atoms with Crippen molar-refractivity contribution in [3.63, 3.8) is 0 Å². The summed E-state index contributed by atoms with van der Waals surface area (Å²) in [6.45, 7) is 1.92. The number of benzene rings is 3. The van der Waals surface area contributed by atoms with Gasteiger partial charge in [0.1, 0.15) is 0 Å². The molecule has 2 N–H and O–H groups in total. The molecule has 3 aromatic rings. The van der Waals surface area contributed by atoms with E-state index < -0.39 is 17.8 Å². The number of hydrazone groups is 1. The lowest BCUT2D eigenvalue weighted by Gasteiger charge is -2.08. The SMILES string of the molecule is COc1cc(C=NNC(=O)C(=O)Nc2ccc(C)cc2)ccc1OC(=O)C=Cc1ccccc1. The van der Waals surface area contributed by atoms with E-state index in [0.29, 0.717) is 17.0 Å². The summed E-state index contributed by atoms with van der Waals surface area (Å²) < 4.78 is 10.6. The van der Waals surface area contributed by atoms with Crippen LogP contribution in [0.25, 0.3) is 6.08 Å². The van der Waals surface area contributed by atoms with Crippen LogP contribution in [0.1, 0.15) is 16.7 Å². The Morgan fingerprint density at radius 2 is 1.59 bits per heavy atom. The van der Waals surface area contributed by atoms with E-state index in [9.17, 15) is 14.4 Å². The zero-order chi connectivity index (χ0) is 24.3. The summed E-state index contributed by atoms with van der Waals surface area (Å²) in [7, 11) is 1.44. The maximum atomic E-state index is 12.1. The molecule has 172 valence electrons. The minimum atomic E-state index is -0.917. The second-order valence-electron chi connectivity index (χ2n) is 7.09. The normalized spacial score (nSPS) is 10.8. The van der Waals surface area contributed by atoms with Crippen LogP contribution in [0, 0.1) is 6.92 Å². The smallest absolute Gasteiger partial charge is 0.336 e. The molecule has 0 radical (unpaired) electrons. The molecule has 3 rings (SSSR count). The van der Waals surface area contributed by atoms with Crippen molar-refractivity contribution in [2.75, 3.05) is 12.4 Å². The molecule has 0 aliphatic rings. The number of hydrogen-bond donors (Lipinski definition) is 2. The fourth-order valence-corrected chi connectivity index (χ4v) is 2.76. The highest BCUT2D eigenvalue weighted by Crippen LogP contribution is 2.27. The predicted octanol–water partition coefficient (Wildman–Crippen LogP) is 3.71. The van der Waals surface area contributed by atoms with Crippen molar-refractivity contribution in [3.8, 4) is 11.5 Å². The summed E-state index contributed by atoms with van der Waals surface area (Å²) in [5, 5.41) is 6.27. The Labute approximate surface area is 196 Å². The molecule has 0 bridgehead atoms. The topological polar surface area (TPSA) is 106 Å². The third-order valence-electron chi connectivity index (χ3n) is 4.51. The Bertz CT molecular complexity index is 1220. The molecule has 3 aromatic carbocycles. The first-order valence-electron chi connectivity index (χ1n) is 10.3. The molecular formula is C26H23N3O5. The molecule has 0 atom stereocenters. The van der Waals surface area contributed by atoms with Crippen molar-refractivity contribution >= 4 is 35.8 Å². The van der Waals surface area contributed by atoms with Gasteiger partial charge in [-0.1, -0.05) is 48.0 Å². The number of ether oxygens (including phenoxy) is 2. The van der Waals surface area contributed by atoms with Crippen molar-refractivity contribution in [1.29, 1.82) is 0 Å². The fraction of sp³-hybridized carbons (Fsp3) is 0.0769. The predicted molar refractivity (Wildman–Crippen MR) is 130 cm³/mol. The molecule has 8 heteroatoms. The van der Waals surface area contributed by atoms with E-state index >= 15 is 0 Å². The van der Waals surface area contributed by atoms with Gasteiger partial charge >= 0.3 is 17.8 Å². The molecule has 2 amide bonds. The summed E-state index contributed by atoms with van der Waals surface area (Å²) in [5.41, 5.74) is 5.12. The number of nitrogens with one attached hydrogen (secondary N) is 2. The van der Waals surface area contributed by atoms with Crippen molar-refractivity contribution in [1.82, 2.24) is 5.43 Å². The van der Waals surface area contributed by atoms with E-state index in [-0.39, 0.29) is 5.75 Å². The quantitative estimate of drug-likeness (QED) is 0.141. The summed E-state index contributed by atoms with van der Waals surface area (Å²) >= 11 is 0. The van der Waals surface area contributed by atoms with Gasteiger partial charge in [-0.25, -0.2) is 10.2 Å². The Hall–Kier alpha value is -4.72. The number of carbonyl (C=O) groups excluding carboxylic acids is 3. The van der Waals surface area contributed by atoms with E-state index in [2.05, 4.69) is 15.8 Å². The zero-order valence-electron chi connectivity index (χ0n) is 18.6. The number of rotatable bonds is 7. The molecule has 0 fully saturated rings. The van der Waals surface area contributed by atoms with Crippen LogP contribution in [0.4, 0.5) is 5.69 Å². The monoisotopic (exact) mass is 457 g/mol. The number of esters is 1. The van der Waals surface area contributed by atoms with Crippen LogP contribution in [0.5, 0.6) is 11.5 Å². The number of carbonyl (C=O) groups is 3. The fourth-order valence-electron chi connectivity index (χ4n) is 2.76. The number of aryl methyl sites for hydroxylation is 1. The minimum Gasteiger partial charge on any atom is -0.493 e. The van der Waals surface area contributed by atoms with Gasteiger partial charge < -0.3 is 14.8 Å². The maximum Gasteiger partial charge on any atom is 0.336 e. The molecule has 0 aliphatic carbocycles. The van der Waals surface area contributed by atoms with Gasteiger partial charge in [0, 0.05) is 11.8 Å². The first kappa shape index (κ1) is 23.9. The number of nitrogens with zero attached hydrogens (tertiary/aromatic N) is 1. The van der Waals surface area contributed by atoms with E-state index in [1.807, 2.05) is 49.4 Å². The van der Waals surface area contributed by atoms with Gasteiger partial charge in [-0.15, -0.1) is 0 Å². The van der Waals surface area contributed by atoms with Crippen LogP contribution in [-0.4, -0.2) is 31.1 Å². The van der Waals surface area contributed by atoms with Gasteiger partial charge in [0.25, 0.3) is 0 Å². The number of amides is 2. The molecule has 0 saturated carbocycles. The van der Waals surface area contributed by atoms with E-state index in [0.717, 1.165) is 11.1 Å². The zero-order valence-corrected chi connectivity index (χ0v) is 18.6. The summed E-state index contributed by atoms with van der Waals surface area (Å²) in [5.74, 6) is -1.79. The Kier molecular flexibility index (Phi) is 8.29. The lowest BCUT2D eigenvalue weighted by atomic mass is 10.2. The minimum absolute atomic E-state index is 0.226. The third kappa shape index (κ3) is 7.16. The van der Waals surface area contributed by atoms with Crippen molar-refractivity contribution < 1.29 is 23.9 Å². The Balaban J connectivity index is 1.56. The molecule has 0 unspecified atom stereocenters. The van der Waals surface area contributed by atoms with Gasteiger partial charge in [-0.3, -0.25) is 9.59 Å². The van der Waals surface area contributed by atoms with Crippen LogP contribution in [0.15, 0.2) is 84.0 Å². The van der Waals surface area contributed by atoms with Crippen LogP contribution >= 0.6 is 0 Å². The van der Waals surface area contributed by atoms with Crippen LogP contribution in [0.3, 0.4) is 0 Å². The first-order valence-corrected chi connectivity index (χ1v) is 10.3. The van der Waals surface area contributed by atoms with Gasteiger partial charge in [0.05, 0.1) is 13.3 Å². The van der Waals surface area contributed by atoms with Crippen LogP contribution in [-0.2, 0) is 14.4 Å². The second kappa shape index (κ2) is 11.8. The summed E-state index contributed by atoms with van der Waals surface area (Å²) in [4.78, 5) is 36.0. The highest BCUT2D eigenvalue weighted by atomic mass is 16.6. The highest BCUT2D eigenvalue weighted by Gasteiger charge is 2.13. The second-order valence-corrected chi connectivity index (χ2v) is 7.09. The average molecular weight is 457 g/mol. The van der Waals surface area contributed by atoms with Crippen molar-refractivity contribution in [2.45, 2.75) is 6.92 Å².